The van der Waals surface area contributed by atoms with E-state index < -0.39 is 0 Å². The average Bonchev–Trinajstić information content (AvgIpc) is 3.31. The van der Waals surface area contributed by atoms with Crippen molar-refractivity contribution in [1.29, 1.82) is 0 Å². The summed E-state index contributed by atoms with van der Waals surface area (Å²) in [5.41, 5.74) is 2.19. The summed E-state index contributed by atoms with van der Waals surface area (Å²) in [6.07, 6.45) is 10.1. The third-order valence-corrected chi connectivity index (χ3v) is 6.60. The topological polar surface area (TPSA) is 75.2 Å². The van der Waals surface area contributed by atoms with Gasteiger partial charge in [0.15, 0.2) is 5.82 Å². The van der Waals surface area contributed by atoms with Gasteiger partial charge in [-0.3, -0.25) is 9.59 Å². The molecule has 0 radical (unpaired) electrons. The Morgan fingerprint density at radius 3 is 2.55 bits per heavy atom. The number of rotatable bonds is 6. The van der Waals surface area contributed by atoms with E-state index in [2.05, 4.69) is 15.3 Å². The van der Waals surface area contributed by atoms with Crippen LogP contribution in [0.25, 0.3) is 0 Å². The summed E-state index contributed by atoms with van der Waals surface area (Å²) in [4.78, 5) is 36.9. The van der Waals surface area contributed by atoms with Crippen LogP contribution in [0, 0.1) is 12.8 Å². The maximum Gasteiger partial charge on any atom is 0.254 e. The zero-order valence-corrected chi connectivity index (χ0v) is 18.3. The summed E-state index contributed by atoms with van der Waals surface area (Å²) < 4.78 is 0. The first-order valence-corrected chi connectivity index (χ1v) is 11.6. The van der Waals surface area contributed by atoms with Crippen molar-refractivity contribution in [3.63, 3.8) is 0 Å². The van der Waals surface area contributed by atoms with Crippen molar-refractivity contribution in [2.24, 2.45) is 5.92 Å². The van der Waals surface area contributed by atoms with Crippen molar-refractivity contribution in [1.82, 2.24) is 20.2 Å². The first-order valence-electron chi connectivity index (χ1n) is 11.6. The number of carbonyl (C=O) groups excluding carboxylic acids is 2. The monoisotopic (exact) mass is 420 g/mol. The Morgan fingerprint density at radius 1 is 1.06 bits per heavy atom. The molecule has 1 atom stereocenters. The van der Waals surface area contributed by atoms with Gasteiger partial charge in [-0.15, -0.1) is 0 Å². The van der Waals surface area contributed by atoms with E-state index >= 15 is 0 Å². The third kappa shape index (κ3) is 5.30. The Hall–Kier alpha value is -2.76. The van der Waals surface area contributed by atoms with Crippen molar-refractivity contribution in [3.8, 4) is 0 Å². The number of piperidine rings is 1. The van der Waals surface area contributed by atoms with E-state index in [-0.39, 0.29) is 17.9 Å². The van der Waals surface area contributed by atoms with Gasteiger partial charge in [-0.05, 0) is 50.5 Å². The smallest absolute Gasteiger partial charge is 0.254 e. The summed E-state index contributed by atoms with van der Waals surface area (Å²) >= 11 is 0. The number of benzene rings is 1. The molecule has 164 valence electrons. The molecule has 6 nitrogen and oxygen atoms in total. The number of nitrogens with one attached hydrogen (secondary N) is 1. The van der Waals surface area contributed by atoms with Crippen molar-refractivity contribution < 1.29 is 9.59 Å². The van der Waals surface area contributed by atoms with E-state index in [1.807, 2.05) is 42.2 Å². The molecule has 1 aliphatic heterocycles. The Balaban J connectivity index is 1.43. The van der Waals surface area contributed by atoms with Crippen molar-refractivity contribution in [2.75, 3.05) is 6.54 Å². The molecular weight excluding hydrogens is 388 g/mol. The molecule has 0 spiro atoms. The molecule has 4 rings (SSSR count). The summed E-state index contributed by atoms with van der Waals surface area (Å²) in [7, 11) is 0. The van der Waals surface area contributed by atoms with E-state index in [1.54, 1.807) is 6.20 Å². The van der Waals surface area contributed by atoms with Crippen LogP contribution in [0.5, 0.6) is 0 Å². The largest absolute Gasteiger partial charge is 0.348 e. The Labute approximate surface area is 184 Å². The van der Waals surface area contributed by atoms with Crippen LogP contribution in [0.2, 0.25) is 0 Å². The van der Waals surface area contributed by atoms with Gasteiger partial charge in [0.1, 0.15) is 0 Å². The Morgan fingerprint density at radius 2 is 1.81 bits per heavy atom. The number of amides is 2. The molecule has 2 amide bonds. The number of carbonyl (C=O) groups is 2. The van der Waals surface area contributed by atoms with Gasteiger partial charge in [0.25, 0.3) is 5.91 Å². The van der Waals surface area contributed by atoms with Gasteiger partial charge in [-0.1, -0.05) is 43.2 Å². The number of hydrogen-bond donors (Lipinski definition) is 1. The van der Waals surface area contributed by atoms with Crippen LogP contribution in [0.3, 0.4) is 0 Å². The van der Waals surface area contributed by atoms with E-state index in [9.17, 15) is 9.59 Å². The van der Waals surface area contributed by atoms with Gasteiger partial charge < -0.3 is 10.2 Å². The second-order valence-electron chi connectivity index (χ2n) is 8.85. The summed E-state index contributed by atoms with van der Waals surface area (Å²) in [5, 5.41) is 2.94. The van der Waals surface area contributed by atoms with Crippen LogP contribution in [0.4, 0.5) is 0 Å². The molecule has 1 aromatic heterocycles. The fourth-order valence-electron chi connectivity index (χ4n) is 4.82. The summed E-state index contributed by atoms with van der Waals surface area (Å²) in [5.74, 6) is 1.26. The third-order valence-electron chi connectivity index (χ3n) is 6.60. The number of nitrogens with zero attached hydrogens (tertiary/aromatic N) is 3. The average molecular weight is 421 g/mol. The van der Waals surface area contributed by atoms with E-state index in [0.29, 0.717) is 36.0 Å². The second-order valence-corrected chi connectivity index (χ2v) is 8.85. The highest BCUT2D eigenvalue weighted by Gasteiger charge is 2.32. The number of aromatic nitrogens is 2. The zero-order valence-electron chi connectivity index (χ0n) is 18.3. The zero-order chi connectivity index (χ0) is 21.6. The maximum absolute atomic E-state index is 13.0. The number of hydrogen-bond acceptors (Lipinski definition) is 4. The molecular formula is C25H32N4O2. The van der Waals surface area contributed by atoms with E-state index in [4.69, 9.17) is 0 Å². The molecule has 1 aliphatic carbocycles. The lowest BCUT2D eigenvalue weighted by Gasteiger charge is -2.35. The van der Waals surface area contributed by atoms with Gasteiger partial charge in [0.05, 0.1) is 17.3 Å². The van der Waals surface area contributed by atoms with Gasteiger partial charge in [0.2, 0.25) is 5.91 Å². The van der Waals surface area contributed by atoms with Gasteiger partial charge in [-0.2, -0.15) is 0 Å². The SMILES string of the molecule is Cc1nc(C2CCCCN2C(=O)CC2CCCC2)ncc1C(=O)NCc1ccccc1. The van der Waals surface area contributed by atoms with Gasteiger partial charge in [0, 0.05) is 25.7 Å². The predicted molar refractivity (Wildman–Crippen MR) is 119 cm³/mol. The molecule has 2 aliphatic rings. The van der Waals surface area contributed by atoms with E-state index in [1.165, 1.54) is 25.7 Å². The van der Waals surface area contributed by atoms with Crippen LogP contribution >= 0.6 is 0 Å². The molecule has 2 heterocycles. The molecule has 1 aromatic carbocycles. The fraction of sp³-hybridized carbons (Fsp3) is 0.520. The highest BCUT2D eigenvalue weighted by atomic mass is 16.2. The van der Waals surface area contributed by atoms with Gasteiger partial charge in [-0.25, -0.2) is 9.97 Å². The maximum atomic E-state index is 13.0. The highest BCUT2D eigenvalue weighted by molar-refractivity contribution is 5.94. The molecule has 1 saturated carbocycles. The lowest BCUT2D eigenvalue weighted by atomic mass is 9.97. The number of aryl methyl sites for hydroxylation is 1. The summed E-state index contributed by atoms with van der Waals surface area (Å²) in [6.45, 7) is 3.08. The minimum atomic E-state index is -0.175. The van der Waals surface area contributed by atoms with Crippen LogP contribution in [0.15, 0.2) is 36.5 Å². The molecule has 1 saturated heterocycles. The lowest BCUT2D eigenvalue weighted by Crippen LogP contribution is -2.40. The van der Waals surface area contributed by atoms with Crippen molar-refractivity contribution in [3.05, 3.63) is 59.2 Å². The second kappa shape index (κ2) is 10.0. The minimum absolute atomic E-state index is 0.0808. The normalized spacial score (nSPS) is 19.4. The van der Waals surface area contributed by atoms with Crippen LogP contribution < -0.4 is 5.32 Å². The standard InChI is InChI=1S/C25H32N4O2/c1-18-21(25(31)27-16-20-11-3-2-4-12-20)17-26-24(28-18)22-13-7-8-14-29(22)23(30)15-19-9-5-6-10-19/h2-4,11-12,17,19,22H,5-10,13-16H2,1H3,(H,27,31). The number of likely N-dealkylation sites (tertiary alicyclic amines) is 1. The molecule has 1 unspecified atom stereocenters. The van der Waals surface area contributed by atoms with Crippen molar-refractivity contribution >= 4 is 11.8 Å². The highest BCUT2D eigenvalue weighted by Crippen LogP contribution is 2.33. The summed E-state index contributed by atoms with van der Waals surface area (Å²) in [6, 6.07) is 9.74. The van der Waals surface area contributed by atoms with Crippen molar-refractivity contribution in [2.45, 2.75) is 70.9 Å². The van der Waals surface area contributed by atoms with Gasteiger partial charge >= 0.3 is 0 Å². The molecule has 31 heavy (non-hydrogen) atoms. The Kier molecular flexibility index (Phi) is 6.95. The Bertz CT molecular complexity index is 909. The predicted octanol–water partition coefficient (Wildman–Crippen LogP) is 4.35. The van der Waals surface area contributed by atoms with Crippen LogP contribution in [0.1, 0.15) is 84.8 Å². The molecule has 2 fully saturated rings. The first-order chi connectivity index (χ1) is 15.1. The minimum Gasteiger partial charge on any atom is -0.348 e. The fourth-order valence-corrected chi connectivity index (χ4v) is 4.82. The van der Waals surface area contributed by atoms with Crippen LogP contribution in [-0.2, 0) is 11.3 Å². The quantitative estimate of drug-likeness (QED) is 0.754. The molecule has 0 bridgehead atoms. The van der Waals surface area contributed by atoms with Crippen LogP contribution in [-0.4, -0.2) is 33.2 Å². The lowest BCUT2D eigenvalue weighted by molar-refractivity contribution is -0.136. The molecule has 2 aromatic rings. The first kappa shape index (κ1) is 21.5. The molecule has 1 N–H and O–H groups in total. The molecule has 6 heteroatoms. The van der Waals surface area contributed by atoms with E-state index in [0.717, 1.165) is 31.4 Å².